The lowest BCUT2D eigenvalue weighted by atomic mass is 10.2. The van der Waals surface area contributed by atoms with Gasteiger partial charge in [-0.05, 0) is 50.1 Å². The lowest BCUT2D eigenvalue weighted by Crippen LogP contribution is -2.38. The summed E-state index contributed by atoms with van der Waals surface area (Å²) in [6.45, 7) is 7.36. The summed E-state index contributed by atoms with van der Waals surface area (Å²) in [6.07, 6.45) is 2.82. The Bertz CT molecular complexity index is 959. The summed E-state index contributed by atoms with van der Waals surface area (Å²) in [4.78, 5) is 15.7. The van der Waals surface area contributed by atoms with Crippen LogP contribution in [0.15, 0.2) is 47.6 Å². The number of nitrogens with zero attached hydrogens (tertiary/aromatic N) is 5. The number of aliphatic imine (C=N–C) groups is 1. The Labute approximate surface area is 172 Å². The van der Waals surface area contributed by atoms with Gasteiger partial charge in [0.05, 0.1) is 17.6 Å². The van der Waals surface area contributed by atoms with Gasteiger partial charge in [0, 0.05) is 39.9 Å². The van der Waals surface area contributed by atoms with Crippen LogP contribution in [0.5, 0.6) is 0 Å². The number of para-hydroxylation sites is 2. The maximum atomic E-state index is 4.72. The Morgan fingerprint density at radius 2 is 2.00 bits per heavy atom. The summed E-state index contributed by atoms with van der Waals surface area (Å²) >= 11 is 0. The molecule has 0 saturated carbocycles. The van der Waals surface area contributed by atoms with E-state index in [1.165, 1.54) is 5.52 Å². The van der Waals surface area contributed by atoms with Crippen LogP contribution < -0.4 is 15.5 Å². The molecule has 2 aromatic heterocycles. The standard InChI is InChI=1S/C22H31N7/c1-5-23-22(26-16-18-11-13-24-21(15-18)28(3)4)25-12-8-14-29-17(2)27-19-9-6-7-10-20(19)29/h6-7,9-11,13,15H,5,8,12,14,16H2,1-4H3,(H2,23,25,26). The number of hydrogen-bond donors (Lipinski definition) is 2. The number of nitrogens with one attached hydrogen (secondary N) is 2. The van der Waals surface area contributed by atoms with Crippen molar-refractivity contribution in [3.63, 3.8) is 0 Å². The lowest BCUT2D eigenvalue weighted by Gasteiger charge is -2.13. The zero-order valence-corrected chi connectivity index (χ0v) is 17.8. The molecule has 2 N–H and O–H groups in total. The number of benzene rings is 1. The number of rotatable bonds is 8. The summed E-state index contributed by atoms with van der Waals surface area (Å²) in [5.74, 6) is 2.84. The fraction of sp³-hybridized carbons (Fsp3) is 0.409. The Hall–Kier alpha value is -3.09. The molecule has 1 aromatic carbocycles. The van der Waals surface area contributed by atoms with Crippen LogP contribution in [0.3, 0.4) is 0 Å². The summed E-state index contributed by atoms with van der Waals surface area (Å²) in [6, 6.07) is 12.4. The third-order valence-corrected chi connectivity index (χ3v) is 4.73. The Morgan fingerprint density at radius 1 is 1.17 bits per heavy atom. The highest BCUT2D eigenvalue weighted by molar-refractivity contribution is 5.79. The number of guanidine groups is 1. The maximum absolute atomic E-state index is 4.72. The zero-order chi connectivity index (χ0) is 20.6. The van der Waals surface area contributed by atoms with Gasteiger partial charge < -0.3 is 20.1 Å². The first-order valence-electron chi connectivity index (χ1n) is 10.1. The average molecular weight is 394 g/mol. The Morgan fingerprint density at radius 3 is 2.79 bits per heavy atom. The number of fused-ring (bicyclic) bond motifs is 1. The quantitative estimate of drug-likeness (QED) is 0.350. The molecule has 0 aliphatic carbocycles. The van der Waals surface area contributed by atoms with E-state index in [9.17, 15) is 0 Å². The molecule has 0 aliphatic heterocycles. The monoisotopic (exact) mass is 393 g/mol. The second kappa shape index (κ2) is 9.91. The molecule has 0 saturated heterocycles. The van der Waals surface area contributed by atoms with Gasteiger partial charge in [-0.25, -0.2) is 15.0 Å². The first-order valence-corrected chi connectivity index (χ1v) is 10.1. The molecule has 154 valence electrons. The minimum absolute atomic E-state index is 0.615. The molecule has 0 unspecified atom stereocenters. The van der Waals surface area contributed by atoms with Gasteiger partial charge >= 0.3 is 0 Å². The van der Waals surface area contributed by atoms with Crippen LogP contribution in [-0.4, -0.2) is 47.7 Å². The molecule has 0 bridgehead atoms. The van der Waals surface area contributed by atoms with Crippen LogP contribution in [0.2, 0.25) is 0 Å². The van der Waals surface area contributed by atoms with Crippen LogP contribution in [0.4, 0.5) is 5.82 Å². The third kappa shape index (κ3) is 5.47. The van der Waals surface area contributed by atoms with Crippen molar-refractivity contribution in [1.82, 2.24) is 25.2 Å². The zero-order valence-electron chi connectivity index (χ0n) is 17.8. The van der Waals surface area contributed by atoms with Crippen LogP contribution in [0, 0.1) is 6.92 Å². The van der Waals surface area contributed by atoms with Crippen molar-refractivity contribution in [2.75, 3.05) is 32.1 Å². The third-order valence-electron chi connectivity index (χ3n) is 4.73. The molecule has 0 amide bonds. The number of aryl methyl sites for hydroxylation is 2. The topological polar surface area (TPSA) is 70.4 Å². The molecule has 0 spiro atoms. The van der Waals surface area contributed by atoms with E-state index >= 15 is 0 Å². The van der Waals surface area contributed by atoms with Gasteiger partial charge in [-0.3, -0.25) is 0 Å². The predicted molar refractivity (Wildman–Crippen MR) is 120 cm³/mol. The second-order valence-electron chi connectivity index (χ2n) is 7.19. The normalized spacial score (nSPS) is 11.7. The first kappa shape index (κ1) is 20.6. The van der Waals surface area contributed by atoms with Crippen molar-refractivity contribution in [3.8, 4) is 0 Å². The average Bonchev–Trinajstić information content (AvgIpc) is 3.04. The Kier molecular flexibility index (Phi) is 7.05. The number of pyridine rings is 1. The lowest BCUT2D eigenvalue weighted by molar-refractivity contribution is 0.624. The van der Waals surface area contributed by atoms with Gasteiger partial charge in [-0.2, -0.15) is 0 Å². The molecule has 7 heteroatoms. The molecular formula is C22H31N7. The van der Waals surface area contributed by atoms with Gasteiger partial charge in [0.2, 0.25) is 0 Å². The van der Waals surface area contributed by atoms with Gasteiger partial charge in [-0.1, -0.05) is 12.1 Å². The largest absolute Gasteiger partial charge is 0.363 e. The number of aromatic nitrogens is 3. The predicted octanol–water partition coefficient (Wildman–Crippen LogP) is 2.95. The van der Waals surface area contributed by atoms with Crippen molar-refractivity contribution in [1.29, 1.82) is 0 Å². The van der Waals surface area contributed by atoms with Crippen molar-refractivity contribution in [2.45, 2.75) is 33.4 Å². The molecule has 0 fully saturated rings. The minimum Gasteiger partial charge on any atom is -0.363 e. The van der Waals surface area contributed by atoms with Crippen molar-refractivity contribution >= 4 is 22.8 Å². The maximum Gasteiger partial charge on any atom is 0.191 e. The molecule has 29 heavy (non-hydrogen) atoms. The molecule has 2 heterocycles. The van der Waals surface area contributed by atoms with E-state index in [-0.39, 0.29) is 0 Å². The fourth-order valence-corrected chi connectivity index (χ4v) is 3.24. The van der Waals surface area contributed by atoms with Crippen molar-refractivity contribution in [3.05, 3.63) is 54.0 Å². The summed E-state index contributed by atoms with van der Waals surface area (Å²) < 4.78 is 2.28. The molecular weight excluding hydrogens is 362 g/mol. The molecule has 3 aromatic rings. The minimum atomic E-state index is 0.615. The number of anilines is 1. The number of imidazole rings is 1. The second-order valence-corrected chi connectivity index (χ2v) is 7.19. The van der Waals surface area contributed by atoms with Gasteiger partial charge in [-0.15, -0.1) is 0 Å². The molecule has 3 rings (SSSR count). The summed E-state index contributed by atoms with van der Waals surface area (Å²) in [5.41, 5.74) is 3.39. The van der Waals surface area contributed by atoms with E-state index in [1.807, 2.05) is 37.3 Å². The summed E-state index contributed by atoms with van der Waals surface area (Å²) in [5, 5.41) is 6.76. The van der Waals surface area contributed by atoms with E-state index in [4.69, 9.17) is 4.99 Å². The molecule has 0 atom stereocenters. The van der Waals surface area contributed by atoms with E-state index in [2.05, 4.69) is 63.3 Å². The molecule has 0 radical (unpaired) electrons. The van der Waals surface area contributed by atoms with E-state index in [0.29, 0.717) is 6.54 Å². The fourth-order valence-electron chi connectivity index (χ4n) is 3.24. The highest BCUT2D eigenvalue weighted by atomic mass is 15.2. The van der Waals surface area contributed by atoms with Crippen LogP contribution in [0.25, 0.3) is 11.0 Å². The van der Waals surface area contributed by atoms with Crippen LogP contribution in [-0.2, 0) is 13.1 Å². The van der Waals surface area contributed by atoms with Gasteiger partial charge in [0.1, 0.15) is 11.6 Å². The Balaban J connectivity index is 1.56. The smallest absolute Gasteiger partial charge is 0.191 e. The van der Waals surface area contributed by atoms with Crippen molar-refractivity contribution in [2.24, 2.45) is 4.99 Å². The van der Waals surface area contributed by atoms with Gasteiger partial charge in [0.25, 0.3) is 0 Å². The molecule has 0 aliphatic rings. The molecule has 7 nitrogen and oxygen atoms in total. The van der Waals surface area contributed by atoms with Crippen molar-refractivity contribution < 1.29 is 0 Å². The van der Waals surface area contributed by atoms with Crippen LogP contribution >= 0.6 is 0 Å². The van der Waals surface area contributed by atoms with Crippen LogP contribution in [0.1, 0.15) is 24.7 Å². The van der Waals surface area contributed by atoms with E-state index in [1.54, 1.807) is 0 Å². The highest BCUT2D eigenvalue weighted by Crippen LogP contribution is 2.15. The van der Waals surface area contributed by atoms with Gasteiger partial charge in [0.15, 0.2) is 5.96 Å². The summed E-state index contributed by atoms with van der Waals surface area (Å²) in [7, 11) is 3.98. The first-order chi connectivity index (χ1) is 14.1. The highest BCUT2D eigenvalue weighted by Gasteiger charge is 2.06. The SMILES string of the molecule is CCNC(=NCc1ccnc(N(C)C)c1)NCCCn1c(C)nc2ccccc21. The van der Waals surface area contributed by atoms with E-state index < -0.39 is 0 Å². The van der Waals surface area contributed by atoms with E-state index in [0.717, 1.165) is 54.7 Å². The number of hydrogen-bond acceptors (Lipinski definition) is 4.